The van der Waals surface area contributed by atoms with Crippen LogP contribution in [0.15, 0.2) is 23.1 Å². The molecule has 168 valence electrons. The maximum atomic E-state index is 13.9. The van der Waals surface area contributed by atoms with Crippen molar-refractivity contribution >= 4 is 23.4 Å². The van der Waals surface area contributed by atoms with Crippen molar-refractivity contribution in [2.24, 2.45) is 0 Å². The third-order valence-electron chi connectivity index (χ3n) is 4.57. The molecule has 1 aliphatic rings. The number of benzene rings is 1. The number of rotatable bonds is 4. The van der Waals surface area contributed by atoms with Crippen LogP contribution in [0.3, 0.4) is 0 Å². The van der Waals surface area contributed by atoms with Crippen molar-refractivity contribution in [2.75, 3.05) is 27.3 Å². The molecule has 0 spiro atoms. The largest absolute Gasteiger partial charge is 0.503 e. The average molecular weight is 458 g/mol. The van der Waals surface area contributed by atoms with Gasteiger partial charge in [0.05, 0.1) is 0 Å². The molecule has 1 aliphatic heterocycles. The summed E-state index contributed by atoms with van der Waals surface area (Å²) >= 11 is 5.48. The van der Waals surface area contributed by atoms with E-state index in [4.69, 9.17) is 11.6 Å². The number of hydrogen-bond donors (Lipinski definition) is 2. The number of aromatic hydroxyl groups is 1. The summed E-state index contributed by atoms with van der Waals surface area (Å²) < 4.78 is 32.9. The van der Waals surface area contributed by atoms with E-state index >= 15 is 0 Å². The SMILES string of the molecule is CCOC.CN1CCn2cc(C(=O)NCc3ccc(F)c(Cl)c3F)c(=O)c(O)c2C1=O. The Bertz CT molecular complexity index is 1060. The van der Waals surface area contributed by atoms with Crippen molar-refractivity contribution in [3.05, 3.63) is 62.0 Å². The fraction of sp³-hybridized carbons (Fsp3) is 0.350. The highest BCUT2D eigenvalue weighted by atomic mass is 35.5. The molecule has 2 N–H and O–H groups in total. The van der Waals surface area contributed by atoms with Gasteiger partial charge in [-0.1, -0.05) is 17.7 Å². The maximum Gasteiger partial charge on any atom is 0.274 e. The Hall–Kier alpha value is -2.98. The number of methoxy groups -OCH3 is 1. The molecule has 2 aromatic rings. The van der Waals surface area contributed by atoms with Crippen molar-refractivity contribution in [3.63, 3.8) is 0 Å². The van der Waals surface area contributed by atoms with Gasteiger partial charge in [0.25, 0.3) is 11.8 Å². The molecule has 0 saturated carbocycles. The van der Waals surface area contributed by atoms with Gasteiger partial charge in [-0.15, -0.1) is 0 Å². The van der Waals surface area contributed by atoms with Gasteiger partial charge in [0.1, 0.15) is 22.2 Å². The van der Waals surface area contributed by atoms with E-state index in [1.807, 2.05) is 6.92 Å². The number of aromatic nitrogens is 1. The lowest BCUT2D eigenvalue weighted by Crippen LogP contribution is -2.40. The van der Waals surface area contributed by atoms with Crippen molar-refractivity contribution in [1.82, 2.24) is 14.8 Å². The number of fused-ring (bicyclic) bond motifs is 1. The summed E-state index contributed by atoms with van der Waals surface area (Å²) in [5.74, 6) is -4.19. The van der Waals surface area contributed by atoms with Crippen molar-refractivity contribution in [2.45, 2.75) is 20.0 Å². The molecule has 0 bridgehead atoms. The van der Waals surface area contributed by atoms with E-state index in [1.54, 1.807) is 7.11 Å². The normalized spacial score (nSPS) is 12.7. The molecule has 0 unspecified atom stereocenters. The number of carbonyl (C=O) groups is 2. The molecule has 3 rings (SSSR count). The summed E-state index contributed by atoms with van der Waals surface area (Å²) in [4.78, 5) is 38.0. The van der Waals surface area contributed by atoms with E-state index in [9.17, 15) is 28.3 Å². The molecule has 8 nitrogen and oxygen atoms in total. The minimum atomic E-state index is -1.02. The molecule has 0 aliphatic carbocycles. The quantitative estimate of drug-likeness (QED) is 0.685. The Morgan fingerprint density at radius 1 is 1.29 bits per heavy atom. The Labute approximate surface area is 182 Å². The van der Waals surface area contributed by atoms with Gasteiger partial charge in [-0.2, -0.15) is 0 Å². The van der Waals surface area contributed by atoms with Crippen LogP contribution in [-0.2, 0) is 17.8 Å². The molecule has 0 atom stereocenters. The van der Waals surface area contributed by atoms with Crippen molar-refractivity contribution in [3.8, 4) is 5.75 Å². The molecule has 1 aromatic carbocycles. The van der Waals surface area contributed by atoms with Gasteiger partial charge in [-0.25, -0.2) is 8.78 Å². The first kappa shape index (κ1) is 24.3. The van der Waals surface area contributed by atoms with Crippen LogP contribution in [-0.4, -0.2) is 53.7 Å². The van der Waals surface area contributed by atoms with Crippen molar-refractivity contribution in [1.29, 1.82) is 0 Å². The molecule has 0 saturated heterocycles. The summed E-state index contributed by atoms with van der Waals surface area (Å²) in [6.45, 7) is 3.05. The summed E-state index contributed by atoms with van der Waals surface area (Å²) in [5, 5.41) is 11.7. The number of likely N-dealkylation sites (N-methyl/N-ethyl adjacent to an activating group) is 1. The van der Waals surface area contributed by atoms with E-state index in [0.29, 0.717) is 6.54 Å². The Morgan fingerprint density at radius 3 is 2.55 bits per heavy atom. The Morgan fingerprint density at radius 2 is 1.94 bits per heavy atom. The molecule has 31 heavy (non-hydrogen) atoms. The minimum absolute atomic E-state index is 0.0752. The van der Waals surface area contributed by atoms with Gasteiger partial charge >= 0.3 is 0 Å². The molecule has 1 aromatic heterocycles. The van der Waals surface area contributed by atoms with E-state index in [0.717, 1.165) is 18.7 Å². The lowest BCUT2D eigenvalue weighted by molar-refractivity contribution is 0.0740. The monoisotopic (exact) mass is 457 g/mol. The number of pyridine rings is 1. The van der Waals surface area contributed by atoms with Crippen LogP contribution in [0.2, 0.25) is 5.02 Å². The smallest absolute Gasteiger partial charge is 0.274 e. The topological polar surface area (TPSA) is 101 Å². The number of nitrogens with zero attached hydrogens (tertiary/aromatic N) is 2. The van der Waals surface area contributed by atoms with Gasteiger partial charge < -0.3 is 24.6 Å². The zero-order valence-corrected chi connectivity index (χ0v) is 17.9. The van der Waals surface area contributed by atoms with Gasteiger partial charge in [0.15, 0.2) is 11.4 Å². The van der Waals surface area contributed by atoms with Crippen LogP contribution >= 0.6 is 11.6 Å². The first-order chi connectivity index (χ1) is 14.6. The van der Waals surface area contributed by atoms with Crippen LogP contribution in [0.4, 0.5) is 8.78 Å². The highest BCUT2D eigenvalue weighted by Crippen LogP contribution is 2.22. The second-order valence-electron chi connectivity index (χ2n) is 6.58. The van der Waals surface area contributed by atoms with E-state index in [-0.39, 0.29) is 24.3 Å². The van der Waals surface area contributed by atoms with Crippen LogP contribution in [0.1, 0.15) is 33.3 Å². The maximum absolute atomic E-state index is 13.9. The molecule has 0 fully saturated rings. The number of carbonyl (C=O) groups excluding carboxylic acids is 2. The van der Waals surface area contributed by atoms with Crippen LogP contribution < -0.4 is 10.7 Å². The molecule has 2 heterocycles. The lowest BCUT2D eigenvalue weighted by atomic mass is 10.1. The first-order valence-corrected chi connectivity index (χ1v) is 9.63. The summed E-state index contributed by atoms with van der Waals surface area (Å²) in [7, 11) is 3.21. The highest BCUT2D eigenvalue weighted by Gasteiger charge is 2.29. The minimum Gasteiger partial charge on any atom is -0.503 e. The standard InChI is InChI=1S/C17H14ClF2N3O4.C3H8O/c1-22-4-5-23-7-9(14(24)15(25)13(23)17(22)27)16(26)21-6-8-2-3-10(19)11(18)12(8)20;1-3-4-2/h2-3,7,25H,4-6H2,1H3,(H,21,26);3H2,1-2H3. The van der Waals surface area contributed by atoms with E-state index < -0.39 is 45.2 Å². The molecule has 0 radical (unpaired) electrons. The zero-order chi connectivity index (χ0) is 23.3. The first-order valence-electron chi connectivity index (χ1n) is 9.25. The molecule has 11 heteroatoms. The fourth-order valence-corrected chi connectivity index (χ4v) is 2.91. The van der Waals surface area contributed by atoms with Crippen LogP contribution in [0, 0.1) is 11.6 Å². The van der Waals surface area contributed by atoms with Crippen molar-refractivity contribution < 1.29 is 28.2 Å². The van der Waals surface area contributed by atoms with Crippen LogP contribution in [0.25, 0.3) is 0 Å². The molecular weight excluding hydrogens is 436 g/mol. The highest BCUT2D eigenvalue weighted by molar-refractivity contribution is 6.30. The van der Waals surface area contributed by atoms with Crippen LogP contribution in [0.5, 0.6) is 5.75 Å². The fourth-order valence-electron chi connectivity index (χ4n) is 2.73. The third kappa shape index (κ3) is 5.20. The van der Waals surface area contributed by atoms with Gasteiger partial charge in [-0.3, -0.25) is 14.4 Å². The predicted octanol–water partition coefficient (Wildman–Crippen LogP) is 2.15. The number of hydrogen-bond acceptors (Lipinski definition) is 5. The lowest BCUT2D eigenvalue weighted by Gasteiger charge is -2.27. The number of halogens is 3. The average Bonchev–Trinajstić information content (AvgIpc) is 2.76. The second kappa shape index (κ2) is 10.4. The number of nitrogens with one attached hydrogen (secondary N) is 1. The predicted molar refractivity (Wildman–Crippen MR) is 109 cm³/mol. The zero-order valence-electron chi connectivity index (χ0n) is 17.2. The Kier molecular flexibility index (Phi) is 8.12. The summed E-state index contributed by atoms with van der Waals surface area (Å²) in [6.07, 6.45) is 1.17. The van der Waals surface area contributed by atoms with Gasteiger partial charge in [-0.05, 0) is 13.0 Å². The third-order valence-corrected chi connectivity index (χ3v) is 4.92. The Balaban J connectivity index is 0.000000785. The molecular formula is C20H22ClF2N3O5. The van der Waals surface area contributed by atoms with Gasteiger partial charge in [0, 0.05) is 52.2 Å². The van der Waals surface area contributed by atoms with E-state index in [1.165, 1.54) is 22.7 Å². The van der Waals surface area contributed by atoms with E-state index in [2.05, 4.69) is 10.1 Å². The number of ether oxygens (including phenoxy) is 1. The molecule has 2 amide bonds. The second-order valence-corrected chi connectivity index (χ2v) is 6.96. The van der Waals surface area contributed by atoms with Gasteiger partial charge in [0.2, 0.25) is 5.43 Å². The summed E-state index contributed by atoms with van der Waals surface area (Å²) in [5.41, 5.74) is -1.68. The summed E-state index contributed by atoms with van der Waals surface area (Å²) in [6, 6.07) is 2.07. The number of amides is 2.